The van der Waals surface area contributed by atoms with Crippen LogP contribution in [-0.4, -0.2) is 16.1 Å². The molecule has 0 spiro atoms. The van der Waals surface area contributed by atoms with Crippen molar-refractivity contribution in [3.63, 3.8) is 0 Å². The molecule has 0 aliphatic heterocycles. The lowest BCUT2D eigenvalue weighted by Crippen LogP contribution is -2.24. The number of benzene rings is 1. The monoisotopic (exact) mass is 257 g/mol. The van der Waals surface area contributed by atoms with E-state index in [9.17, 15) is 0 Å². The van der Waals surface area contributed by atoms with Crippen LogP contribution in [0.15, 0.2) is 36.7 Å². The summed E-state index contributed by atoms with van der Waals surface area (Å²) < 4.78 is 2.10. The second kappa shape index (κ2) is 6.53. The molecule has 2 aromatic rings. The van der Waals surface area contributed by atoms with Crippen molar-refractivity contribution in [3.05, 3.63) is 53.6 Å². The average molecular weight is 257 g/mol. The third-order valence-electron chi connectivity index (χ3n) is 3.46. The minimum absolute atomic E-state index is 0.325. The zero-order valence-electron chi connectivity index (χ0n) is 12.1. The molecule has 2 rings (SSSR count). The van der Waals surface area contributed by atoms with Gasteiger partial charge in [-0.25, -0.2) is 4.98 Å². The Morgan fingerprint density at radius 1 is 1.26 bits per heavy atom. The maximum atomic E-state index is 4.46. The summed E-state index contributed by atoms with van der Waals surface area (Å²) in [6.45, 7) is 5.23. The normalized spacial score (nSPS) is 12.6. The number of aromatic nitrogens is 2. The Balaban J connectivity index is 2.01. The molecule has 0 amide bonds. The molecule has 0 saturated heterocycles. The van der Waals surface area contributed by atoms with Crippen molar-refractivity contribution >= 4 is 0 Å². The maximum absolute atomic E-state index is 4.46. The summed E-state index contributed by atoms with van der Waals surface area (Å²) in [5, 5.41) is 3.52. The van der Waals surface area contributed by atoms with Crippen LogP contribution in [0.25, 0.3) is 0 Å². The van der Waals surface area contributed by atoms with Gasteiger partial charge < -0.3 is 9.88 Å². The molecule has 1 N–H and O–H groups in total. The van der Waals surface area contributed by atoms with Crippen molar-refractivity contribution in [3.8, 4) is 0 Å². The third-order valence-corrected chi connectivity index (χ3v) is 3.46. The van der Waals surface area contributed by atoms with Gasteiger partial charge in [-0.3, -0.25) is 0 Å². The van der Waals surface area contributed by atoms with Crippen LogP contribution in [0.4, 0.5) is 0 Å². The quantitative estimate of drug-likeness (QED) is 0.862. The number of hydrogen-bond donors (Lipinski definition) is 1. The van der Waals surface area contributed by atoms with Crippen LogP contribution >= 0.6 is 0 Å². The van der Waals surface area contributed by atoms with Crippen molar-refractivity contribution < 1.29 is 0 Å². The third kappa shape index (κ3) is 3.67. The lowest BCUT2D eigenvalue weighted by atomic mass is 10.0. The van der Waals surface area contributed by atoms with Gasteiger partial charge in [0.25, 0.3) is 0 Å². The van der Waals surface area contributed by atoms with Gasteiger partial charge in [0.1, 0.15) is 5.82 Å². The Hall–Kier alpha value is -1.61. The molecule has 102 valence electrons. The number of nitrogens with one attached hydrogen (secondary N) is 1. The van der Waals surface area contributed by atoms with Gasteiger partial charge in [-0.1, -0.05) is 36.8 Å². The van der Waals surface area contributed by atoms with Gasteiger partial charge in [0, 0.05) is 19.4 Å². The molecule has 1 unspecified atom stereocenters. The van der Waals surface area contributed by atoms with Crippen molar-refractivity contribution in [2.75, 3.05) is 6.54 Å². The summed E-state index contributed by atoms with van der Waals surface area (Å²) in [4.78, 5) is 4.46. The van der Waals surface area contributed by atoms with E-state index in [4.69, 9.17) is 0 Å². The van der Waals surface area contributed by atoms with E-state index < -0.39 is 0 Å². The first-order valence-electron chi connectivity index (χ1n) is 6.97. The van der Waals surface area contributed by atoms with Crippen LogP contribution in [0.5, 0.6) is 0 Å². The summed E-state index contributed by atoms with van der Waals surface area (Å²) in [5.74, 6) is 1.12. The fourth-order valence-electron chi connectivity index (χ4n) is 2.35. The summed E-state index contributed by atoms with van der Waals surface area (Å²) in [6, 6.07) is 9.12. The first kappa shape index (κ1) is 13.8. The zero-order chi connectivity index (χ0) is 13.7. The molecule has 0 bridgehead atoms. The topological polar surface area (TPSA) is 29.9 Å². The average Bonchev–Trinajstić information content (AvgIpc) is 2.83. The van der Waals surface area contributed by atoms with Crippen molar-refractivity contribution in [2.24, 2.45) is 7.05 Å². The fourth-order valence-corrected chi connectivity index (χ4v) is 2.35. The van der Waals surface area contributed by atoms with Crippen LogP contribution in [0.2, 0.25) is 0 Å². The van der Waals surface area contributed by atoms with Gasteiger partial charge in [-0.2, -0.15) is 0 Å². The van der Waals surface area contributed by atoms with E-state index >= 15 is 0 Å². The first-order chi connectivity index (χ1) is 9.20. The molecule has 19 heavy (non-hydrogen) atoms. The highest BCUT2D eigenvalue weighted by atomic mass is 15.1. The second-order valence-electron chi connectivity index (χ2n) is 5.03. The predicted molar refractivity (Wildman–Crippen MR) is 79.1 cm³/mol. The highest BCUT2D eigenvalue weighted by Gasteiger charge is 2.14. The smallest absolute Gasteiger partial charge is 0.125 e. The fraction of sp³-hybridized carbons (Fsp3) is 0.438. The molecule has 1 aromatic heterocycles. The number of hydrogen-bond acceptors (Lipinski definition) is 2. The Labute approximate surface area is 115 Å². The summed E-state index contributed by atoms with van der Waals surface area (Å²) in [5.41, 5.74) is 2.71. The SMILES string of the molecule is CCNC(CCc1ccc(C)cc1)c1nccn1C. The standard InChI is InChI=1S/C16H23N3/c1-4-17-15(16-18-11-12-19(16)3)10-9-14-7-5-13(2)6-8-14/h5-8,11-12,15,17H,4,9-10H2,1-3H3. The predicted octanol–water partition coefficient (Wildman–Crippen LogP) is 3.01. The van der Waals surface area contributed by atoms with Crippen molar-refractivity contribution in [2.45, 2.75) is 32.7 Å². The number of aryl methyl sites for hydroxylation is 3. The summed E-state index contributed by atoms with van der Waals surface area (Å²) in [6.07, 6.45) is 6.02. The van der Waals surface area contributed by atoms with E-state index in [2.05, 4.69) is 60.0 Å². The lowest BCUT2D eigenvalue weighted by Gasteiger charge is -2.17. The van der Waals surface area contributed by atoms with E-state index in [0.717, 1.165) is 25.2 Å². The van der Waals surface area contributed by atoms with Crippen molar-refractivity contribution in [1.29, 1.82) is 0 Å². The van der Waals surface area contributed by atoms with Gasteiger partial charge in [-0.05, 0) is 31.9 Å². The van der Waals surface area contributed by atoms with E-state index in [-0.39, 0.29) is 0 Å². The van der Waals surface area contributed by atoms with Gasteiger partial charge >= 0.3 is 0 Å². The van der Waals surface area contributed by atoms with Gasteiger partial charge in [0.2, 0.25) is 0 Å². The summed E-state index contributed by atoms with van der Waals surface area (Å²) >= 11 is 0. The summed E-state index contributed by atoms with van der Waals surface area (Å²) in [7, 11) is 2.05. The van der Waals surface area contributed by atoms with Crippen LogP contribution in [0, 0.1) is 6.92 Å². The van der Waals surface area contributed by atoms with E-state index in [1.807, 2.05) is 12.4 Å². The largest absolute Gasteiger partial charge is 0.337 e. The van der Waals surface area contributed by atoms with Crippen LogP contribution in [0.1, 0.15) is 36.3 Å². The van der Waals surface area contributed by atoms with E-state index in [1.54, 1.807) is 0 Å². The molecule has 3 heteroatoms. The molecule has 1 aromatic carbocycles. The van der Waals surface area contributed by atoms with E-state index in [0.29, 0.717) is 6.04 Å². The molecular weight excluding hydrogens is 234 g/mol. The molecule has 0 saturated carbocycles. The molecule has 1 atom stereocenters. The highest BCUT2D eigenvalue weighted by Crippen LogP contribution is 2.17. The number of imidazole rings is 1. The molecule has 0 radical (unpaired) electrons. The van der Waals surface area contributed by atoms with Crippen LogP contribution < -0.4 is 5.32 Å². The molecule has 0 aliphatic carbocycles. The van der Waals surface area contributed by atoms with Gasteiger partial charge in [0.15, 0.2) is 0 Å². The van der Waals surface area contributed by atoms with E-state index in [1.165, 1.54) is 11.1 Å². The lowest BCUT2D eigenvalue weighted by molar-refractivity contribution is 0.478. The Kier molecular flexibility index (Phi) is 4.74. The van der Waals surface area contributed by atoms with Crippen LogP contribution in [-0.2, 0) is 13.5 Å². The Morgan fingerprint density at radius 2 is 2.00 bits per heavy atom. The second-order valence-corrected chi connectivity index (χ2v) is 5.03. The molecule has 0 aliphatic rings. The number of rotatable bonds is 6. The molecular formula is C16H23N3. The minimum Gasteiger partial charge on any atom is -0.337 e. The van der Waals surface area contributed by atoms with Gasteiger partial charge in [-0.15, -0.1) is 0 Å². The Bertz CT molecular complexity index is 499. The molecule has 1 heterocycles. The highest BCUT2D eigenvalue weighted by molar-refractivity contribution is 5.21. The number of nitrogens with zero attached hydrogens (tertiary/aromatic N) is 2. The van der Waals surface area contributed by atoms with Gasteiger partial charge in [0.05, 0.1) is 6.04 Å². The maximum Gasteiger partial charge on any atom is 0.125 e. The van der Waals surface area contributed by atoms with Crippen LogP contribution in [0.3, 0.4) is 0 Å². The van der Waals surface area contributed by atoms with Crippen molar-refractivity contribution in [1.82, 2.24) is 14.9 Å². The molecule has 0 fully saturated rings. The molecule has 3 nitrogen and oxygen atoms in total. The zero-order valence-corrected chi connectivity index (χ0v) is 12.1. The Morgan fingerprint density at radius 3 is 2.58 bits per heavy atom. The minimum atomic E-state index is 0.325. The first-order valence-corrected chi connectivity index (χ1v) is 6.97.